The van der Waals surface area contributed by atoms with E-state index in [9.17, 15) is 0 Å². The Bertz CT molecular complexity index is 310. The summed E-state index contributed by atoms with van der Waals surface area (Å²) in [5, 5.41) is 8.23. The lowest BCUT2D eigenvalue weighted by Crippen LogP contribution is -2.32. The summed E-state index contributed by atoms with van der Waals surface area (Å²) < 4.78 is 0. The molecule has 1 N–H and O–H groups in total. The van der Waals surface area contributed by atoms with Crippen molar-refractivity contribution in [3.8, 4) is 0 Å². The van der Waals surface area contributed by atoms with Crippen molar-refractivity contribution in [3.05, 3.63) is 21.9 Å². The van der Waals surface area contributed by atoms with Gasteiger partial charge in [0.05, 0.1) is 0 Å². The Kier molecular flexibility index (Phi) is 4.42. The minimum absolute atomic E-state index is 0.766. The van der Waals surface area contributed by atoms with Crippen LogP contribution in [-0.2, 0) is 6.54 Å². The monoisotopic (exact) mass is 237 g/mol. The van der Waals surface area contributed by atoms with Crippen LogP contribution in [0.1, 0.15) is 50.2 Å². The summed E-state index contributed by atoms with van der Waals surface area (Å²) in [6, 6.07) is 0.766. The van der Waals surface area contributed by atoms with E-state index in [1.165, 1.54) is 43.2 Å². The Balaban J connectivity index is 1.73. The molecular formula is C14H23NS. The standard InChI is InChI=1S/C14H23NS/c1-3-12-4-6-14(7-5-12)15-8-13-10-16-9-11(13)2/h9-10,12,14-15H,3-8H2,1-2H3. The molecular weight excluding hydrogens is 214 g/mol. The van der Waals surface area contributed by atoms with Gasteiger partial charge in [-0.25, -0.2) is 0 Å². The molecule has 2 rings (SSSR count). The van der Waals surface area contributed by atoms with E-state index in [0.717, 1.165) is 18.5 Å². The number of thiophene rings is 1. The molecule has 0 aliphatic heterocycles. The van der Waals surface area contributed by atoms with Crippen LogP contribution in [0, 0.1) is 12.8 Å². The molecule has 0 saturated heterocycles. The minimum atomic E-state index is 0.766. The summed E-state index contributed by atoms with van der Waals surface area (Å²) in [4.78, 5) is 0. The van der Waals surface area contributed by atoms with Crippen molar-refractivity contribution in [2.24, 2.45) is 5.92 Å². The van der Waals surface area contributed by atoms with Crippen LogP contribution >= 0.6 is 11.3 Å². The van der Waals surface area contributed by atoms with Gasteiger partial charge in [-0.05, 0) is 60.4 Å². The first-order valence-electron chi connectivity index (χ1n) is 6.54. The van der Waals surface area contributed by atoms with Gasteiger partial charge >= 0.3 is 0 Å². The Morgan fingerprint density at radius 1 is 1.25 bits per heavy atom. The molecule has 0 radical (unpaired) electrons. The molecule has 90 valence electrons. The van der Waals surface area contributed by atoms with Crippen molar-refractivity contribution >= 4 is 11.3 Å². The zero-order valence-corrected chi connectivity index (χ0v) is 11.3. The molecule has 2 heteroatoms. The quantitative estimate of drug-likeness (QED) is 0.831. The highest BCUT2D eigenvalue weighted by atomic mass is 32.1. The van der Waals surface area contributed by atoms with E-state index in [1.54, 1.807) is 0 Å². The van der Waals surface area contributed by atoms with Crippen LogP contribution in [-0.4, -0.2) is 6.04 Å². The molecule has 1 fully saturated rings. The molecule has 1 nitrogen and oxygen atoms in total. The minimum Gasteiger partial charge on any atom is -0.310 e. The van der Waals surface area contributed by atoms with Gasteiger partial charge in [0.25, 0.3) is 0 Å². The molecule has 1 saturated carbocycles. The van der Waals surface area contributed by atoms with Gasteiger partial charge in [0, 0.05) is 12.6 Å². The van der Waals surface area contributed by atoms with Crippen molar-refractivity contribution in [1.29, 1.82) is 0 Å². The summed E-state index contributed by atoms with van der Waals surface area (Å²) in [5.41, 5.74) is 2.93. The zero-order valence-electron chi connectivity index (χ0n) is 10.5. The summed E-state index contributed by atoms with van der Waals surface area (Å²) in [6.07, 6.45) is 6.98. The third-order valence-electron chi connectivity index (χ3n) is 3.97. The summed E-state index contributed by atoms with van der Waals surface area (Å²) in [6.45, 7) is 5.60. The van der Waals surface area contributed by atoms with E-state index < -0.39 is 0 Å². The maximum absolute atomic E-state index is 3.72. The highest BCUT2D eigenvalue weighted by molar-refractivity contribution is 7.08. The topological polar surface area (TPSA) is 12.0 Å². The number of hydrogen-bond donors (Lipinski definition) is 1. The lowest BCUT2D eigenvalue weighted by molar-refractivity contribution is 0.285. The number of aryl methyl sites for hydroxylation is 1. The van der Waals surface area contributed by atoms with Crippen molar-refractivity contribution < 1.29 is 0 Å². The molecule has 1 aliphatic carbocycles. The zero-order chi connectivity index (χ0) is 11.4. The SMILES string of the molecule is CCC1CCC(NCc2cscc2C)CC1. The van der Waals surface area contributed by atoms with E-state index in [1.807, 2.05) is 11.3 Å². The fourth-order valence-electron chi connectivity index (χ4n) is 2.60. The Morgan fingerprint density at radius 2 is 2.00 bits per heavy atom. The van der Waals surface area contributed by atoms with Gasteiger partial charge in [-0.2, -0.15) is 11.3 Å². The molecule has 0 atom stereocenters. The Labute approximate surface area is 103 Å². The second-order valence-electron chi connectivity index (χ2n) is 5.09. The van der Waals surface area contributed by atoms with Crippen LogP contribution in [0.25, 0.3) is 0 Å². The molecule has 1 heterocycles. The summed E-state index contributed by atoms with van der Waals surface area (Å²) in [5.74, 6) is 1.00. The number of nitrogens with one attached hydrogen (secondary N) is 1. The maximum atomic E-state index is 3.72. The van der Waals surface area contributed by atoms with Crippen molar-refractivity contribution in [2.45, 2.75) is 58.5 Å². The van der Waals surface area contributed by atoms with E-state index in [-0.39, 0.29) is 0 Å². The van der Waals surface area contributed by atoms with Crippen molar-refractivity contribution in [1.82, 2.24) is 5.32 Å². The largest absolute Gasteiger partial charge is 0.310 e. The molecule has 0 aromatic carbocycles. The van der Waals surface area contributed by atoms with Crippen LogP contribution in [0.3, 0.4) is 0 Å². The van der Waals surface area contributed by atoms with Crippen molar-refractivity contribution in [3.63, 3.8) is 0 Å². The molecule has 0 unspecified atom stereocenters. The summed E-state index contributed by atoms with van der Waals surface area (Å²) >= 11 is 1.82. The van der Waals surface area contributed by atoms with Gasteiger partial charge in [0.2, 0.25) is 0 Å². The van der Waals surface area contributed by atoms with Gasteiger partial charge in [-0.1, -0.05) is 13.3 Å². The van der Waals surface area contributed by atoms with Gasteiger partial charge in [-0.3, -0.25) is 0 Å². The average Bonchev–Trinajstić information content (AvgIpc) is 2.73. The van der Waals surface area contributed by atoms with Crippen LogP contribution in [0.15, 0.2) is 10.8 Å². The molecule has 16 heavy (non-hydrogen) atoms. The molecule has 0 amide bonds. The molecule has 1 aliphatic rings. The third kappa shape index (κ3) is 3.08. The van der Waals surface area contributed by atoms with Crippen LogP contribution < -0.4 is 5.32 Å². The van der Waals surface area contributed by atoms with Crippen LogP contribution in [0.2, 0.25) is 0 Å². The Morgan fingerprint density at radius 3 is 2.56 bits per heavy atom. The number of hydrogen-bond acceptors (Lipinski definition) is 2. The molecule has 1 aromatic rings. The van der Waals surface area contributed by atoms with E-state index >= 15 is 0 Å². The van der Waals surface area contributed by atoms with Gasteiger partial charge < -0.3 is 5.32 Å². The van der Waals surface area contributed by atoms with Crippen LogP contribution in [0.5, 0.6) is 0 Å². The molecule has 1 aromatic heterocycles. The van der Waals surface area contributed by atoms with Gasteiger partial charge in [0.1, 0.15) is 0 Å². The highest BCUT2D eigenvalue weighted by Crippen LogP contribution is 2.26. The fraction of sp³-hybridized carbons (Fsp3) is 0.714. The summed E-state index contributed by atoms with van der Waals surface area (Å²) in [7, 11) is 0. The molecule has 0 bridgehead atoms. The van der Waals surface area contributed by atoms with E-state index in [0.29, 0.717) is 0 Å². The van der Waals surface area contributed by atoms with E-state index in [2.05, 4.69) is 29.9 Å². The fourth-order valence-corrected chi connectivity index (χ4v) is 3.45. The first-order chi connectivity index (χ1) is 7.79. The maximum Gasteiger partial charge on any atom is 0.0218 e. The lowest BCUT2D eigenvalue weighted by Gasteiger charge is -2.28. The number of rotatable bonds is 4. The van der Waals surface area contributed by atoms with Gasteiger partial charge in [0.15, 0.2) is 0 Å². The normalized spacial score (nSPS) is 25.9. The third-order valence-corrected chi connectivity index (χ3v) is 4.88. The second-order valence-corrected chi connectivity index (χ2v) is 5.83. The van der Waals surface area contributed by atoms with Crippen molar-refractivity contribution in [2.75, 3.05) is 0 Å². The average molecular weight is 237 g/mol. The first kappa shape index (κ1) is 12.1. The molecule has 0 spiro atoms. The van der Waals surface area contributed by atoms with Gasteiger partial charge in [-0.15, -0.1) is 0 Å². The van der Waals surface area contributed by atoms with Crippen LogP contribution in [0.4, 0.5) is 0 Å². The van der Waals surface area contributed by atoms with E-state index in [4.69, 9.17) is 0 Å². The highest BCUT2D eigenvalue weighted by Gasteiger charge is 2.19. The second kappa shape index (κ2) is 5.83. The predicted molar refractivity (Wildman–Crippen MR) is 71.9 cm³/mol. The Hall–Kier alpha value is -0.340. The first-order valence-corrected chi connectivity index (χ1v) is 7.49. The predicted octanol–water partition coefficient (Wildman–Crippen LogP) is 4.11. The lowest BCUT2D eigenvalue weighted by atomic mass is 9.84. The smallest absolute Gasteiger partial charge is 0.0218 e.